The van der Waals surface area contributed by atoms with Gasteiger partial charge >= 0.3 is 6.18 Å². The molecule has 0 amide bonds. The number of halogens is 3. The van der Waals surface area contributed by atoms with E-state index < -0.39 is 11.7 Å². The van der Waals surface area contributed by atoms with Crippen molar-refractivity contribution in [1.29, 1.82) is 0 Å². The maximum Gasteiger partial charge on any atom is 0.416 e. The number of methoxy groups -OCH3 is 2. The number of ketones is 1. The van der Waals surface area contributed by atoms with Gasteiger partial charge < -0.3 is 9.47 Å². The van der Waals surface area contributed by atoms with Gasteiger partial charge in [-0.2, -0.15) is 18.3 Å². The fourth-order valence-electron chi connectivity index (χ4n) is 3.02. The Hall–Kier alpha value is -3.42. The highest BCUT2D eigenvalue weighted by atomic mass is 19.4. The van der Waals surface area contributed by atoms with Gasteiger partial charge in [0.05, 0.1) is 37.6 Å². The van der Waals surface area contributed by atoms with Crippen LogP contribution in [-0.2, 0) is 12.6 Å². The van der Waals surface area contributed by atoms with Crippen LogP contribution in [0, 0.1) is 6.92 Å². The molecule has 0 fully saturated rings. The number of hydrogen-bond acceptors (Lipinski definition) is 5. The van der Waals surface area contributed by atoms with Crippen LogP contribution < -0.4 is 9.47 Å². The molecule has 0 aliphatic carbocycles. The monoisotopic (exact) mass is 416 g/mol. The summed E-state index contributed by atoms with van der Waals surface area (Å²) < 4.78 is 49.1. The van der Waals surface area contributed by atoms with E-state index in [2.05, 4.69) is 10.2 Å². The molecule has 2 aromatic carbocycles. The third-order valence-electron chi connectivity index (χ3n) is 4.55. The predicted molar refractivity (Wildman–Crippen MR) is 105 cm³/mol. The van der Waals surface area contributed by atoms with E-state index in [0.717, 1.165) is 12.1 Å². The lowest BCUT2D eigenvalue weighted by atomic mass is 10.0. The number of ether oxygens (including phenoxy) is 2. The van der Waals surface area contributed by atoms with Gasteiger partial charge in [-0.05, 0) is 48.9 Å². The molecule has 1 aromatic heterocycles. The second-order valence-corrected chi connectivity index (χ2v) is 6.61. The Morgan fingerprint density at radius 1 is 1.00 bits per heavy atom. The fraction of sp³-hybridized carbons (Fsp3) is 0.227. The number of alkyl halides is 3. The van der Waals surface area contributed by atoms with Crippen LogP contribution in [0.3, 0.4) is 0 Å². The van der Waals surface area contributed by atoms with E-state index in [0.29, 0.717) is 33.8 Å². The van der Waals surface area contributed by atoms with Crippen molar-refractivity contribution in [3.8, 4) is 22.8 Å². The molecule has 0 N–H and O–H groups in total. The molecule has 0 saturated heterocycles. The standard InChI is InChI=1S/C22H19F3N2O3/c1-13-9-16(12-19(28)14-5-4-6-17(10-14)29-2)26-27-21(13)18-8-7-15(22(23,24)25)11-20(18)30-3/h4-11H,12H2,1-3H3. The molecule has 0 spiro atoms. The number of carbonyl (C=O) groups excluding carboxylic acids is 1. The van der Waals surface area contributed by atoms with Gasteiger partial charge in [0, 0.05) is 11.1 Å². The first-order valence-corrected chi connectivity index (χ1v) is 8.99. The first kappa shape index (κ1) is 21.3. The summed E-state index contributed by atoms with van der Waals surface area (Å²) >= 11 is 0. The second-order valence-electron chi connectivity index (χ2n) is 6.61. The lowest BCUT2D eigenvalue weighted by molar-refractivity contribution is -0.137. The van der Waals surface area contributed by atoms with Crippen molar-refractivity contribution in [2.75, 3.05) is 14.2 Å². The first-order chi connectivity index (χ1) is 14.2. The molecule has 0 bridgehead atoms. The van der Waals surface area contributed by atoms with Gasteiger partial charge in [-0.25, -0.2) is 0 Å². The van der Waals surface area contributed by atoms with Gasteiger partial charge in [0.15, 0.2) is 5.78 Å². The summed E-state index contributed by atoms with van der Waals surface area (Å²) in [5.41, 5.74) is 1.57. The van der Waals surface area contributed by atoms with Gasteiger partial charge in [0.25, 0.3) is 0 Å². The van der Waals surface area contributed by atoms with Crippen LogP contribution in [0.2, 0.25) is 0 Å². The quantitative estimate of drug-likeness (QED) is 0.534. The van der Waals surface area contributed by atoms with Crippen LogP contribution in [0.5, 0.6) is 11.5 Å². The Balaban J connectivity index is 1.87. The smallest absolute Gasteiger partial charge is 0.416 e. The third-order valence-corrected chi connectivity index (χ3v) is 4.55. The van der Waals surface area contributed by atoms with Gasteiger partial charge in [0.1, 0.15) is 11.5 Å². The van der Waals surface area contributed by atoms with Crippen LogP contribution in [0.1, 0.15) is 27.2 Å². The van der Waals surface area contributed by atoms with Crippen LogP contribution in [0.15, 0.2) is 48.5 Å². The van der Waals surface area contributed by atoms with E-state index in [1.807, 2.05) is 0 Å². The third kappa shape index (κ3) is 4.59. The number of nitrogens with zero attached hydrogens (tertiary/aromatic N) is 2. The van der Waals surface area contributed by atoms with Crippen molar-refractivity contribution in [2.45, 2.75) is 19.5 Å². The van der Waals surface area contributed by atoms with Crippen LogP contribution in [-0.4, -0.2) is 30.2 Å². The highest BCUT2D eigenvalue weighted by molar-refractivity contribution is 5.97. The van der Waals surface area contributed by atoms with E-state index >= 15 is 0 Å². The highest BCUT2D eigenvalue weighted by Gasteiger charge is 2.31. The molecular formula is C22H19F3N2O3. The normalized spacial score (nSPS) is 11.3. The summed E-state index contributed by atoms with van der Waals surface area (Å²) in [6, 6.07) is 11.7. The molecule has 0 atom stereocenters. The zero-order chi connectivity index (χ0) is 21.9. The topological polar surface area (TPSA) is 61.3 Å². The zero-order valence-electron chi connectivity index (χ0n) is 16.6. The molecular weight excluding hydrogens is 397 g/mol. The Bertz CT molecular complexity index is 1080. The number of rotatable bonds is 6. The van der Waals surface area contributed by atoms with Gasteiger partial charge in [-0.1, -0.05) is 12.1 Å². The molecule has 0 radical (unpaired) electrons. The second kappa shape index (κ2) is 8.52. The number of aryl methyl sites for hydroxylation is 1. The summed E-state index contributed by atoms with van der Waals surface area (Å²) in [6.45, 7) is 1.75. The minimum Gasteiger partial charge on any atom is -0.497 e. The van der Waals surface area contributed by atoms with Crippen LogP contribution in [0.4, 0.5) is 13.2 Å². The molecule has 5 nitrogen and oxygen atoms in total. The van der Waals surface area contributed by atoms with Crippen LogP contribution in [0.25, 0.3) is 11.3 Å². The zero-order valence-corrected chi connectivity index (χ0v) is 16.6. The summed E-state index contributed by atoms with van der Waals surface area (Å²) in [5.74, 6) is 0.470. The van der Waals surface area contributed by atoms with Crippen molar-refractivity contribution in [1.82, 2.24) is 10.2 Å². The van der Waals surface area contributed by atoms with E-state index in [1.165, 1.54) is 20.3 Å². The molecule has 3 rings (SSSR count). The summed E-state index contributed by atoms with van der Waals surface area (Å²) in [4.78, 5) is 12.5. The number of benzene rings is 2. The molecule has 156 valence electrons. The average molecular weight is 416 g/mol. The van der Waals surface area contributed by atoms with Crippen LogP contribution >= 0.6 is 0 Å². The molecule has 0 unspecified atom stereocenters. The molecule has 8 heteroatoms. The van der Waals surface area contributed by atoms with Crippen molar-refractivity contribution >= 4 is 5.78 Å². The van der Waals surface area contributed by atoms with Gasteiger partial charge in [-0.3, -0.25) is 4.79 Å². The molecule has 0 aliphatic rings. The first-order valence-electron chi connectivity index (χ1n) is 8.99. The SMILES string of the molecule is COc1cccc(C(=O)Cc2cc(C)c(-c3ccc(C(F)(F)F)cc3OC)nn2)c1. The lowest BCUT2D eigenvalue weighted by Crippen LogP contribution is -2.08. The largest absolute Gasteiger partial charge is 0.497 e. The summed E-state index contributed by atoms with van der Waals surface area (Å²) in [7, 11) is 2.82. The minimum absolute atomic E-state index is 0.0332. The maximum atomic E-state index is 13.0. The van der Waals surface area contributed by atoms with Gasteiger partial charge in [0.2, 0.25) is 0 Å². The van der Waals surface area contributed by atoms with Crippen molar-refractivity contribution in [2.24, 2.45) is 0 Å². The van der Waals surface area contributed by atoms with E-state index in [-0.39, 0.29) is 18.0 Å². The molecule has 30 heavy (non-hydrogen) atoms. The molecule has 0 aliphatic heterocycles. The predicted octanol–water partition coefficient (Wildman–Crippen LogP) is 4.91. The summed E-state index contributed by atoms with van der Waals surface area (Å²) in [6.07, 6.45) is -4.44. The van der Waals surface area contributed by atoms with Crippen molar-refractivity contribution in [3.63, 3.8) is 0 Å². The summed E-state index contributed by atoms with van der Waals surface area (Å²) in [5, 5.41) is 8.23. The lowest BCUT2D eigenvalue weighted by Gasteiger charge is -2.13. The molecule has 0 saturated carbocycles. The number of hydrogen-bond donors (Lipinski definition) is 0. The molecule has 3 aromatic rings. The Kier molecular flexibility index (Phi) is 6.05. The minimum atomic E-state index is -4.48. The number of carbonyl (C=O) groups is 1. The van der Waals surface area contributed by atoms with E-state index in [1.54, 1.807) is 37.3 Å². The van der Waals surface area contributed by atoms with Gasteiger partial charge in [-0.15, -0.1) is 5.10 Å². The highest BCUT2D eigenvalue weighted by Crippen LogP contribution is 2.37. The Morgan fingerprint density at radius 3 is 2.40 bits per heavy atom. The van der Waals surface area contributed by atoms with E-state index in [9.17, 15) is 18.0 Å². The Morgan fingerprint density at radius 2 is 1.77 bits per heavy atom. The van der Waals surface area contributed by atoms with Crippen molar-refractivity contribution < 1.29 is 27.4 Å². The number of aromatic nitrogens is 2. The Labute approximate surface area is 171 Å². The fourth-order valence-corrected chi connectivity index (χ4v) is 3.02. The van der Waals surface area contributed by atoms with E-state index in [4.69, 9.17) is 9.47 Å². The average Bonchev–Trinajstić information content (AvgIpc) is 2.73. The number of Topliss-reactive ketones (excluding diaryl/α,β-unsaturated/α-hetero) is 1. The molecule has 1 heterocycles. The maximum absolute atomic E-state index is 13.0. The van der Waals surface area contributed by atoms with Crippen molar-refractivity contribution in [3.05, 3.63) is 70.9 Å².